The zero-order valence-corrected chi connectivity index (χ0v) is 17.5. The first kappa shape index (κ1) is 22.3. The molecule has 8 nitrogen and oxygen atoms in total. The molecule has 1 amide bonds. The molecule has 1 heterocycles. The van der Waals surface area contributed by atoms with E-state index >= 15 is 0 Å². The molecule has 0 aliphatic rings. The lowest BCUT2D eigenvalue weighted by atomic mass is 10.1. The average Bonchev–Trinajstić information content (AvgIpc) is 3.26. The highest BCUT2D eigenvalue weighted by molar-refractivity contribution is 5.90. The van der Waals surface area contributed by atoms with E-state index < -0.39 is 18.5 Å². The molecule has 0 radical (unpaired) electrons. The van der Waals surface area contributed by atoms with Gasteiger partial charge in [0.05, 0.1) is 31.0 Å². The van der Waals surface area contributed by atoms with E-state index in [1.165, 1.54) is 6.08 Å². The molecule has 0 saturated heterocycles. The summed E-state index contributed by atoms with van der Waals surface area (Å²) in [6.07, 6.45) is 4.86. The zero-order chi connectivity index (χ0) is 22.8. The molecule has 0 aliphatic heterocycles. The third-order valence-electron chi connectivity index (χ3n) is 4.43. The normalized spacial score (nSPS) is 10.5. The Labute approximate surface area is 185 Å². The van der Waals surface area contributed by atoms with Crippen molar-refractivity contribution in [2.24, 2.45) is 0 Å². The van der Waals surface area contributed by atoms with Crippen LogP contribution in [0, 0.1) is 11.3 Å². The number of ether oxygens (including phenoxy) is 2. The van der Waals surface area contributed by atoms with Crippen molar-refractivity contribution in [3.63, 3.8) is 0 Å². The Kier molecular flexibility index (Phi) is 7.76. The molecule has 0 bridgehead atoms. The first-order valence-electron chi connectivity index (χ1n) is 9.88. The van der Waals surface area contributed by atoms with Crippen LogP contribution in [0.1, 0.15) is 12.0 Å². The molecule has 2 aromatic carbocycles. The number of hydrogen-bond donors (Lipinski definition) is 1. The Hall–Kier alpha value is -4.38. The van der Waals surface area contributed by atoms with E-state index in [9.17, 15) is 9.59 Å². The van der Waals surface area contributed by atoms with E-state index in [1.807, 2.05) is 66.9 Å². The van der Waals surface area contributed by atoms with Gasteiger partial charge in [0.25, 0.3) is 5.91 Å². The number of rotatable bonds is 9. The van der Waals surface area contributed by atoms with E-state index in [2.05, 4.69) is 10.4 Å². The summed E-state index contributed by atoms with van der Waals surface area (Å²) in [6, 6.07) is 19.0. The van der Waals surface area contributed by atoms with Gasteiger partial charge in [0.2, 0.25) is 0 Å². The molecular weight excluding hydrogens is 408 g/mol. The van der Waals surface area contributed by atoms with Gasteiger partial charge in [-0.1, -0.05) is 18.2 Å². The topological polar surface area (TPSA) is 106 Å². The van der Waals surface area contributed by atoms with E-state index in [1.54, 1.807) is 17.9 Å². The maximum atomic E-state index is 12.1. The fraction of sp³-hybridized carbons (Fsp3) is 0.167. The number of nitrogens with one attached hydrogen (secondary N) is 1. The number of para-hydroxylation sites is 1. The third kappa shape index (κ3) is 6.06. The summed E-state index contributed by atoms with van der Waals surface area (Å²) in [5, 5.41) is 15.6. The van der Waals surface area contributed by atoms with E-state index in [0.29, 0.717) is 11.3 Å². The summed E-state index contributed by atoms with van der Waals surface area (Å²) in [5.74, 6) is -0.392. The predicted molar refractivity (Wildman–Crippen MR) is 119 cm³/mol. The van der Waals surface area contributed by atoms with Crippen molar-refractivity contribution in [3.05, 3.63) is 72.4 Å². The van der Waals surface area contributed by atoms with Gasteiger partial charge < -0.3 is 14.8 Å². The minimum atomic E-state index is -0.659. The summed E-state index contributed by atoms with van der Waals surface area (Å²) in [7, 11) is 1.60. The van der Waals surface area contributed by atoms with Crippen LogP contribution in [0.3, 0.4) is 0 Å². The minimum Gasteiger partial charge on any atom is -0.497 e. The number of esters is 1. The quantitative estimate of drug-likeness (QED) is 0.318. The lowest BCUT2D eigenvalue weighted by Crippen LogP contribution is -2.29. The standard InChI is InChI=1S/C24H22N4O4/c1-31-21-11-8-18(9-12-21)24-19(16-28(27-24)20-6-3-2-4-7-20)10-13-23(30)32-17-22(29)26-15-5-14-25/h2-4,6-13,16H,5,15,17H2,1H3,(H,26,29)/b13-10+. The second-order valence-electron chi connectivity index (χ2n) is 6.64. The maximum absolute atomic E-state index is 12.1. The fourth-order valence-corrected chi connectivity index (χ4v) is 2.85. The maximum Gasteiger partial charge on any atom is 0.331 e. The van der Waals surface area contributed by atoms with Crippen LogP contribution in [0.25, 0.3) is 23.0 Å². The number of methoxy groups -OCH3 is 1. The third-order valence-corrected chi connectivity index (χ3v) is 4.43. The molecule has 0 aliphatic carbocycles. The predicted octanol–water partition coefficient (Wildman–Crippen LogP) is 3.13. The summed E-state index contributed by atoms with van der Waals surface area (Å²) < 4.78 is 11.9. The lowest BCUT2D eigenvalue weighted by molar-refractivity contribution is -0.143. The summed E-state index contributed by atoms with van der Waals surface area (Å²) in [5.41, 5.74) is 3.10. The molecule has 0 saturated carbocycles. The smallest absolute Gasteiger partial charge is 0.331 e. The second kappa shape index (κ2) is 11.1. The largest absolute Gasteiger partial charge is 0.497 e. The molecule has 0 unspecified atom stereocenters. The number of hydrogen-bond acceptors (Lipinski definition) is 6. The Morgan fingerprint density at radius 1 is 1.16 bits per heavy atom. The van der Waals surface area contributed by atoms with Crippen molar-refractivity contribution in [2.45, 2.75) is 6.42 Å². The molecule has 0 fully saturated rings. The molecule has 0 spiro atoms. The van der Waals surface area contributed by atoms with E-state index in [4.69, 9.17) is 14.7 Å². The van der Waals surface area contributed by atoms with E-state index in [-0.39, 0.29) is 13.0 Å². The Morgan fingerprint density at radius 2 is 1.91 bits per heavy atom. The SMILES string of the molecule is COc1ccc(-c2nn(-c3ccccc3)cc2/C=C/C(=O)OCC(=O)NCCC#N)cc1. The molecule has 0 atom stereocenters. The van der Waals surface area contributed by atoms with Gasteiger partial charge >= 0.3 is 5.97 Å². The van der Waals surface area contributed by atoms with Crippen molar-refractivity contribution in [2.75, 3.05) is 20.3 Å². The van der Waals surface area contributed by atoms with E-state index in [0.717, 1.165) is 17.0 Å². The van der Waals surface area contributed by atoms with Gasteiger partial charge in [-0.15, -0.1) is 0 Å². The first-order valence-corrected chi connectivity index (χ1v) is 9.88. The van der Waals surface area contributed by atoms with Gasteiger partial charge in [-0.3, -0.25) is 4.79 Å². The Balaban J connectivity index is 1.78. The van der Waals surface area contributed by atoms with Crippen molar-refractivity contribution in [1.29, 1.82) is 5.26 Å². The van der Waals surface area contributed by atoms with Crippen LogP contribution in [0.4, 0.5) is 0 Å². The van der Waals surface area contributed by atoms with Crippen LogP contribution in [0.5, 0.6) is 5.75 Å². The highest BCUT2D eigenvalue weighted by Crippen LogP contribution is 2.26. The van der Waals surface area contributed by atoms with Crippen molar-refractivity contribution in [1.82, 2.24) is 15.1 Å². The summed E-state index contributed by atoms with van der Waals surface area (Å²) in [6.45, 7) is -0.199. The molecule has 3 aromatic rings. The number of aromatic nitrogens is 2. The second-order valence-corrected chi connectivity index (χ2v) is 6.64. The van der Waals surface area contributed by atoms with Crippen LogP contribution >= 0.6 is 0 Å². The van der Waals surface area contributed by atoms with Crippen LogP contribution in [-0.2, 0) is 14.3 Å². The molecule has 32 heavy (non-hydrogen) atoms. The highest BCUT2D eigenvalue weighted by atomic mass is 16.5. The van der Waals surface area contributed by atoms with Gasteiger partial charge in [0, 0.05) is 29.9 Å². The summed E-state index contributed by atoms with van der Waals surface area (Å²) >= 11 is 0. The molecule has 1 N–H and O–H groups in total. The molecule has 3 rings (SSSR count). The number of carbonyl (C=O) groups is 2. The Bertz CT molecular complexity index is 1130. The van der Waals surface area contributed by atoms with Gasteiger partial charge in [-0.05, 0) is 42.5 Å². The summed E-state index contributed by atoms with van der Waals surface area (Å²) in [4.78, 5) is 23.7. The van der Waals surface area contributed by atoms with Gasteiger partial charge in [-0.25, -0.2) is 9.48 Å². The van der Waals surface area contributed by atoms with Gasteiger partial charge in [0.1, 0.15) is 5.75 Å². The molecule has 8 heteroatoms. The van der Waals surface area contributed by atoms with Crippen LogP contribution in [0.2, 0.25) is 0 Å². The van der Waals surface area contributed by atoms with Gasteiger partial charge in [0.15, 0.2) is 6.61 Å². The van der Waals surface area contributed by atoms with Crippen LogP contribution < -0.4 is 10.1 Å². The fourth-order valence-electron chi connectivity index (χ4n) is 2.85. The number of nitriles is 1. The molecule has 162 valence electrons. The zero-order valence-electron chi connectivity index (χ0n) is 17.5. The number of nitrogens with zero attached hydrogens (tertiary/aromatic N) is 3. The minimum absolute atomic E-state index is 0.194. The van der Waals surface area contributed by atoms with Crippen molar-refractivity contribution >= 4 is 18.0 Å². The average molecular weight is 430 g/mol. The Morgan fingerprint density at radius 3 is 2.59 bits per heavy atom. The number of carbonyl (C=O) groups excluding carboxylic acids is 2. The molecule has 1 aromatic heterocycles. The van der Waals surface area contributed by atoms with Crippen molar-refractivity contribution in [3.8, 4) is 28.8 Å². The van der Waals surface area contributed by atoms with Crippen LogP contribution in [-0.4, -0.2) is 41.9 Å². The number of amides is 1. The van der Waals surface area contributed by atoms with Gasteiger partial charge in [-0.2, -0.15) is 10.4 Å². The van der Waals surface area contributed by atoms with Crippen molar-refractivity contribution < 1.29 is 19.1 Å². The highest BCUT2D eigenvalue weighted by Gasteiger charge is 2.12. The first-order chi connectivity index (χ1) is 15.6. The lowest BCUT2D eigenvalue weighted by Gasteiger charge is -2.03. The number of benzene rings is 2. The monoisotopic (exact) mass is 430 g/mol. The molecular formula is C24H22N4O4. The van der Waals surface area contributed by atoms with Crippen LogP contribution in [0.15, 0.2) is 66.9 Å².